The number of fused-ring (bicyclic) bond motifs is 7. The number of allylic oxidation sites excluding steroid dienone is 2. The summed E-state index contributed by atoms with van der Waals surface area (Å²) in [5, 5.41) is 0. The fourth-order valence-electron chi connectivity index (χ4n) is 9.86. The molecule has 11 atom stereocenters. The molecule has 4 aliphatic carbocycles. The highest BCUT2D eigenvalue weighted by Crippen LogP contribution is 2.70. The molecule has 5 fully saturated rings. The van der Waals surface area contributed by atoms with E-state index < -0.39 is 0 Å². The van der Waals surface area contributed by atoms with Crippen LogP contribution in [0.3, 0.4) is 0 Å². The molecule has 2 aliphatic heterocycles. The van der Waals surface area contributed by atoms with Crippen molar-refractivity contribution in [3.63, 3.8) is 0 Å². The highest BCUT2D eigenvalue weighted by molar-refractivity contribution is 5.26. The highest BCUT2D eigenvalue weighted by Gasteiger charge is 2.68. The van der Waals surface area contributed by atoms with Gasteiger partial charge in [0.05, 0.1) is 12.7 Å². The fourth-order valence-corrected chi connectivity index (χ4v) is 9.86. The van der Waals surface area contributed by atoms with Crippen molar-refractivity contribution in [2.45, 2.75) is 104 Å². The van der Waals surface area contributed by atoms with Gasteiger partial charge in [0.1, 0.15) is 0 Å². The number of rotatable bonds is 0. The zero-order chi connectivity index (χ0) is 20.9. The third kappa shape index (κ3) is 2.56. The summed E-state index contributed by atoms with van der Waals surface area (Å²) in [5.74, 6) is 5.20. The normalized spacial score (nSPS) is 59.8. The maximum absolute atomic E-state index is 6.92. The average molecular weight is 413 g/mol. The van der Waals surface area contributed by atoms with E-state index in [0.717, 1.165) is 36.7 Å². The number of ether oxygens (including phenoxy) is 2. The lowest BCUT2D eigenvalue weighted by Crippen LogP contribution is -2.52. The molecule has 3 saturated carbocycles. The van der Waals surface area contributed by atoms with Gasteiger partial charge in [-0.15, -0.1) is 0 Å². The monoisotopic (exact) mass is 412 g/mol. The highest BCUT2D eigenvalue weighted by atomic mass is 16.7. The van der Waals surface area contributed by atoms with Crippen LogP contribution in [-0.2, 0) is 9.47 Å². The first kappa shape index (κ1) is 20.3. The molecule has 6 aliphatic rings. The molecular weight excluding hydrogens is 368 g/mol. The minimum Gasteiger partial charge on any atom is -0.349 e. The van der Waals surface area contributed by atoms with Crippen molar-refractivity contribution in [3.05, 3.63) is 11.6 Å². The molecule has 0 N–H and O–H groups in total. The Balaban J connectivity index is 1.28. The summed E-state index contributed by atoms with van der Waals surface area (Å²) in [4.78, 5) is 0. The lowest BCUT2D eigenvalue weighted by molar-refractivity contribution is -0.272. The van der Waals surface area contributed by atoms with Gasteiger partial charge >= 0.3 is 0 Å². The van der Waals surface area contributed by atoms with Crippen LogP contribution in [0.2, 0.25) is 0 Å². The number of hydrogen-bond donors (Lipinski definition) is 0. The van der Waals surface area contributed by atoms with Crippen molar-refractivity contribution < 1.29 is 9.47 Å². The number of hydrogen-bond acceptors (Lipinski definition) is 2. The summed E-state index contributed by atoms with van der Waals surface area (Å²) in [6, 6.07) is 0. The van der Waals surface area contributed by atoms with E-state index in [1.54, 1.807) is 0 Å². The molecule has 0 aromatic heterocycles. The fraction of sp³-hybridized carbons (Fsp3) is 0.929. The van der Waals surface area contributed by atoms with E-state index in [9.17, 15) is 0 Å². The Morgan fingerprint density at radius 2 is 1.73 bits per heavy atom. The van der Waals surface area contributed by atoms with Crippen molar-refractivity contribution in [1.82, 2.24) is 0 Å². The Hall–Kier alpha value is -0.340. The molecule has 0 radical (unpaired) electrons. The maximum Gasteiger partial charge on any atom is 0.171 e. The summed E-state index contributed by atoms with van der Waals surface area (Å²) in [6.07, 6.45) is 15.3. The molecule has 2 heterocycles. The van der Waals surface area contributed by atoms with Crippen molar-refractivity contribution in [2.75, 3.05) is 6.61 Å². The summed E-state index contributed by atoms with van der Waals surface area (Å²) in [6.45, 7) is 13.5. The Morgan fingerprint density at radius 3 is 2.50 bits per heavy atom. The van der Waals surface area contributed by atoms with Gasteiger partial charge in [0.15, 0.2) is 5.79 Å². The van der Waals surface area contributed by atoms with Gasteiger partial charge in [-0.3, -0.25) is 0 Å². The Labute approximate surface area is 184 Å². The quantitative estimate of drug-likeness (QED) is 0.399. The second-order valence-electron chi connectivity index (χ2n) is 13.1. The van der Waals surface area contributed by atoms with Crippen molar-refractivity contribution in [1.29, 1.82) is 0 Å². The third-order valence-electron chi connectivity index (χ3n) is 11.6. The molecule has 2 heteroatoms. The van der Waals surface area contributed by atoms with Gasteiger partial charge < -0.3 is 9.47 Å². The van der Waals surface area contributed by atoms with Gasteiger partial charge in [-0.25, -0.2) is 0 Å². The molecule has 30 heavy (non-hydrogen) atoms. The Kier molecular flexibility index (Phi) is 4.46. The molecule has 2 saturated heterocycles. The Morgan fingerprint density at radius 1 is 0.933 bits per heavy atom. The van der Waals surface area contributed by atoms with E-state index in [1.165, 1.54) is 51.4 Å². The van der Waals surface area contributed by atoms with Crippen LogP contribution in [-0.4, -0.2) is 18.5 Å². The first-order chi connectivity index (χ1) is 14.3. The molecule has 9 unspecified atom stereocenters. The van der Waals surface area contributed by atoms with Crippen molar-refractivity contribution in [2.24, 2.45) is 52.3 Å². The minimum absolute atomic E-state index is 0.266. The van der Waals surface area contributed by atoms with E-state index in [4.69, 9.17) is 9.47 Å². The second kappa shape index (κ2) is 6.60. The van der Waals surface area contributed by atoms with E-state index in [-0.39, 0.29) is 5.79 Å². The van der Waals surface area contributed by atoms with E-state index in [1.807, 2.05) is 5.57 Å². The van der Waals surface area contributed by atoms with Gasteiger partial charge in [-0.05, 0) is 97.7 Å². The van der Waals surface area contributed by atoms with Gasteiger partial charge in [0.2, 0.25) is 0 Å². The van der Waals surface area contributed by atoms with Crippen LogP contribution in [0, 0.1) is 52.3 Å². The molecule has 168 valence electrons. The zero-order valence-electron chi connectivity index (χ0n) is 20.1. The van der Waals surface area contributed by atoms with Crippen LogP contribution in [0.1, 0.15) is 92.4 Å². The topological polar surface area (TPSA) is 18.5 Å². The van der Waals surface area contributed by atoms with Gasteiger partial charge in [0, 0.05) is 12.3 Å². The van der Waals surface area contributed by atoms with Crippen LogP contribution in [0.25, 0.3) is 0 Å². The summed E-state index contributed by atoms with van der Waals surface area (Å²) in [5.41, 5.74) is 2.77. The van der Waals surface area contributed by atoms with E-state index in [0.29, 0.717) is 34.7 Å². The van der Waals surface area contributed by atoms with Gasteiger partial charge in [-0.2, -0.15) is 0 Å². The van der Waals surface area contributed by atoms with Crippen LogP contribution >= 0.6 is 0 Å². The predicted octanol–water partition coefficient (Wildman–Crippen LogP) is 6.99. The predicted molar refractivity (Wildman–Crippen MR) is 121 cm³/mol. The smallest absolute Gasteiger partial charge is 0.171 e. The van der Waals surface area contributed by atoms with Crippen molar-refractivity contribution >= 4 is 0 Å². The lowest BCUT2D eigenvalue weighted by Gasteiger charge is -2.58. The SMILES string of the molecule is CC1CCC2(OC1)OC1CC3C4CC=C5CC(C)CC[C@]5(C)C4CC[C@]3(C)C1C2C. The first-order valence-corrected chi connectivity index (χ1v) is 13.3. The minimum atomic E-state index is -0.266. The standard InChI is InChI=1S/C28H44O2/c1-17-8-11-26(4)20(14-17)6-7-21-22(26)10-12-27(5)23(21)15-24-25(27)19(3)28(30-24)13-9-18(2)16-29-28/h6,17-19,21-25H,7-16H2,1-5H3/t17?,18?,19?,21?,22?,23?,24?,25?,26-,27-,28?/m0/s1. The Bertz CT molecular complexity index is 733. The molecule has 1 spiro atoms. The second-order valence-corrected chi connectivity index (χ2v) is 13.1. The molecule has 6 rings (SSSR count). The van der Waals surface area contributed by atoms with E-state index >= 15 is 0 Å². The first-order valence-electron chi connectivity index (χ1n) is 13.3. The largest absolute Gasteiger partial charge is 0.349 e. The molecule has 0 aromatic rings. The van der Waals surface area contributed by atoms with Crippen LogP contribution in [0.15, 0.2) is 11.6 Å². The molecule has 0 aromatic carbocycles. The lowest BCUT2D eigenvalue weighted by atomic mass is 9.46. The van der Waals surface area contributed by atoms with Gasteiger partial charge in [-0.1, -0.05) is 46.3 Å². The van der Waals surface area contributed by atoms with E-state index in [2.05, 4.69) is 40.7 Å². The maximum atomic E-state index is 6.92. The molecule has 2 nitrogen and oxygen atoms in total. The molecule has 0 bridgehead atoms. The zero-order valence-corrected chi connectivity index (χ0v) is 20.1. The summed E-state index contributed by atoms with van der Waals surface area (Å²) >= 11 is 0. The van der Waals surface area contributed by atoms with Crippen LogP contribution in [0.5, 0.6) is 0 Å². The van der Waals surface area contributed by atoms with Crippen LogP contribution in [0.4, 0.5) is 0 Å². The summed E-state index contributed by atoms with van der Waals surface area (Å²) in [7, 11) is 0. The third-order valence-corrected chi connectivity index (χ3v) is 11.6. The molecular formula is C28H44O2. The van der Waals surface area contributed by atoms with Crippen LogP contribution < -0.4 is 0 Å². The molecule has 0 amide bonds. The van der Waals surface area contributed by atoms with Gasteiger partial charge in [0.25, 0.3) is 0 Å². The van der Waals surface area contributed by atoms with Crippen molar-refractivity contribution in [3.8, 4) is 0 Å². The summed E-state index contributed by atoms with van der Waals surface area (Å²) < 4.78 is 13.4. The average Bonchev–Trinajstić information content (AvgIpc) is 3.16.